The molecule has 0 rings (SSSR count). The van der Waals surface area contributed by atoms with Gasteiger partial charge in [-0.2, -0.15) is 0 Å². The Balaban J connectivity index is 3.60. The summed E-state index contributed by atoms with van der Waals surface area (Å²) in [5, 5.41) is 3.39. The molecule has 0 amide bonds. The molecule has 1 unspecified atom stereocenters. The first-order valence-corrected chi connectivity index (χ1v) is 6.28. The number of hydrogen-bond donors (Lipinski definition) is 1. The van der Waals surface area contributed by atoms with Gasteiger partial charge in [0.15, 0.2) is 0 Å². The van der Waals surface area contributed by atoms with Gasteiger partial charge in [-0.25, -0.2) is 8.78 Å². The van der Waals surface area contributed by atoms with Gasteiger partial charge in [-0.05, 0) is 32.2 Å². The normalized spacial score (nSPS) is 13.2. The molecule has 0 spiro atoms. The molecule has 0 saturated heterocycles. The van der Waals surface area contributed by atoms with E-state index in [0.29, 0.717) is 12.6 Å². The molecule has 1 atom stereocenters. The summed E-state index contributed by atoms with van der Waals surface area (Å²) in [6.45, 7) is 3.72. The fourth-order valence-corrected chi connectivity index (χ4v) is 1.57. The van der Waals surface area contributed by atoms with Crippen molar-refractivity contribution in [3.63, 3.8) is 0 Å². The molecule has 0 aliphatic heterocycles. The molecule has 1 N–H and O–H groups in total. The molecule has 104 valence electrons. The van der Waals surface area contributed by atoms with Crippen LogP contribution in [0, 0.1) is 0 Å². The van der Waals surface area contributed by atoms with Gasteiger partial charge in [0.25, 0.3) is 6.43 Å². The van der Waals surface area contributed by atoms with Crippen molar-refractivity contribution >= 4 is 0 Å². The zero-order chi connectivity index (χ0) is 12.9. The molecule has 0 saturated carbocycles. The highest BCUT2D eigenvalue weighted by atomic mass is 19.3. The van der Waals surface area contributed by atoms with E-state index in [9.17, 15) is 8.78 Å². The van der Waals surface area contributed by atoms with Crippen LogP contribution < -0.4 is 5.32 Å². The molecule has 0 aliphatic carbocycles. The number of halogens is 2. The van der Waals surface area contributed by atoms with Crippen LogP contribution in [0.4, 0.5) is 8.78 Å². The number of nitrogens with one attached hydrogen (secondary N) is 1. The highest BCUT2D eigenvalue weighted by Gasteiger charge is 2.08. The van der Waals surface area contributed by atoms with Crippen molar-refractivity contribution in [2.24, 2.45) is 0 Å². The summed E-state index contributed by atoms with van der Waals surface area (Å²) in [5.41, 5.74) is 0. The predicted octanol–water partition coefficient (Wildman–Crippen LogP) is 2.45. The Kier molecular flexibility index (Phi) is 12.0. The molecule has 0 aliphatic rings. The molecule has 5 heteroatoms. The van der Waals surface area contributed by atoms with Crippen molar-refractivity contribution in [2.75, 3.05) is 33.5 Å². The lowest BCUT2D eigenvalue weighted by atomic mass is 10.1. The quantitative estimate of drug-likeness (QED) is 0.542. The lowest BCUT2D eigenvalue weighted by Gasteiger charge is -2.18. The summed E-state index contributed by atoms with van der Waals surface area (Å²) >= 11 is 0. The summed E-state index contributed by atoms with van der Waals surface area (Å²) < 4.78 is 33.6. The van der Waals surface area contributed by atoms with Crippen LogP contribution >= 0.6 is 0 Å². The number of hydrogen-bond acceptors (Lipinski definition) is 3. The number of ether oxygens (including phenoxy) is 2. The Labute approximate surface area is 103 Å². The molecule has 0 bridgehead atoms. The third-order valence-electron chi connectivity index (χ3n) is 2.44. The summed E-state index contributed by atoms with van der Waals surface area (Å²) in [4.78, 5) is 0. The molecular formula is C12H25F2NO2. The maximum Gasteiger partial charge on any atom is 0.261 e. The maximum absolute atomic E-state index is 11.9. The minimum absolute atomic E-state index is 0.336. The lowest BCUT2D eigenvalue weighted by Crippen LogP contribution is -2.31. The van der Waals surface area contributed by atoms with Crippen LogP contribution in [0.25, 0.3) is 0 Å². The zero-order valence-electron chi connectivity index (χ0n) is 10.9. The number of methoxy groups -OCH3 is 1. The fourth-order valence-electron chi connectivity index (χ4n) is 1.57. The van der Waals surface area contributed by atoms with Crippen molar-refractivity contribution in [3.8, 4) is 0 Å². The molecule has 3 nitrogen and oxygen atoms in total. The molecule has 17 heavy (non-hydrogen) atoms. The number of alkyl halides is 2. The van der Waals surface area contributed by atoms with Gasteiger partial charge in [-0.1, -0.05) is 6.92 Å². The van der Waals surface area contributed by atoms with Crippen LogP contribution in [-0.4, -0.2) is 45.9 Å². The smallest absolute Gasteiger partial charge is 0.261 e. The van der Waals surface area contributed by atoms with Crippen LogP contribution in [0.5, 0.6) is 0 Å². The lowest BCUT2D eigenvalue weighted by molar-refractivity contribution is 0.0140. The molecule has 0 aromatic heterocycles. The van der Waals surface area contributed by atoms with E-state index in [0.717, 1.165) is 38.8 Å². The Bertz CT molecular complexity index is 159. The molecule has 0 heterocycles. The monoisotopic (exact) mass is 253 g/mol. The van der Waals surface area contributed by atoms with Crippen LogP contribution in [0.2, 0.25) is 0 Å². The van der Waals surface area contributed by atoms with Crippen LogP contribution in [0.1, 0.15) is 32.6 Å². The van der Waals surface area contributed by atoms with Crippen LogP contribution in [0.3, 0.4) is 0 Å². The highest BCUT2D eigenvalue weighted by molar-refractivity contribution is 4.66. The van der Waals surface area contributed by atoms with Crippen molar-refractivity contribution in [2.45, 2.75) is 45.1 Å². The molecular weight excluding hydrogens is 228 g/mol. The first-order valence-electron chi connectivity index (χ1n) is 6.28. The Morgan fingerprint density at radius 3 is 2.53 bits per heavy atom. The average Bonchev–Trinajstić information content (AvgIpc) is 2.30. The third-order valence-corrected chi connectivity index (χ3v) is 2.44. The van der Waals surface area contributed by atoms with Crippen molar-refractivity contribution in [1.82, 2.24) is 5.32 Å². The van der Waals surface area contributed by atoms with E-state index in [4.69, 9.17) is 9.47 Å². The Hall–Kier alpha value is -0.260. The van der Waals surface area contributed by atoms with Crippen molar-refractivity contribution in [3.05, 3.63) is 0 Å². The SMILES string of the molecule is CCCNC(CCCOC)CCOCC(F)F. The molecule has 0 radical (unpaired) electrons. The predicted molar refractivity (Wildman–Crippen MR) is 64.6 cm³/mol. The Morgan fingerprint density at radius 2 is 1.94 bits per heavy atom. The van der Waals surface area contributed by atoms with Crippen molar-refractivity contribution in [1.29, 1.82) is 0 Å². The minimum atomic E-state index is -2.37. The standard InChI is InChI=1S/C12H25F2NO2/c1-3-7-15-11(5-4-8-16-2)6-9-17-10-12(13)14/h11-12,15H,3-10H2,1-2H3. The highest BCUT2D eigenvalue weighted by Crippen LogP contribution is 2.04. The summed E-state index contributed by atoms with van der Waals surface area (Å²) in [6.07, 6.45) is 1.44. The molecule has 0 aromatic carbocycles. The third kappa shape index (κ3) is 12.0. The zero-order valence-corrected chi connectivity index (χ0v) is 10.9. The maximum atomic E-state index is 11.9. The van der Waals surface area contributed by atoms with E-state index in [1.54, 1.807) is 7.11 Å². The largest absolute Gasteiger partial charge is 0.385 e. The van der Waals surface area contributed by atoms with Gasteiger partial charge in [0.2, 0.25) is 0 Å². The van der Waals surface area contributed by atoms with Crippen molar-refractivity contribution < 1.29 is 18.3 Å². The van der Waals surface area contributed by atoms with E-state index >= 15 is 0 Å². The van der Waals surface area contributed by atoms with E-state index < -0.39 is 13.0 Å². The summed E-state index contributed by atoms with van der Waals surface area (Å²) in [6, 6.07) is 0.336. The van der Waals surface area contributed by atoms with Gasteiger partial charge in [0, 0.05) is 26.4 Å². The molecule has 0 aromatic rings. The van der Waals surface area contributed by atoms with Crippen LogP contribution in [0.15, 0.2) is 0 Å². The summed E-state index contributed by atoms with van der Waals surface area (Å²) in [5.74, 6) is 0. The summed E-state index contributed by atoms with van der Waals surface area (Å²) in [7, 11) is 1.68. The number of rotatable bonds is 12. The Morgan fingerprint density at radius 1 is 1.18 bits per heavy atom. The van der Waals surface area contributed by atoms with Gasteiger partial charge in [-0.3, -0.25) is 0 Å². The first kappa shape index (κ1) is 16.7. The van der Waals surface area contributed by atoms with E-state index in [-0.39, 0.29) is 0 Å². The minimum Gasteiger partial charge on any atom is -0.385 e. The van der Waals surface area contributed by atoms with E-state index in [2.05, 4.69) is 12.2 Å². The van der Waals surface area contributed by atoms with E-state index in [1.807, 2.05) is 0 Å². The van der Waals surface area contributed by atoms with Gasteiger partial charge >= 0.3 is 0 Å². The second-order valence-corrected chi connectivity index (χ2v) is 4.04. The van der Waals surface area contributed by atoms with Crippen LogP contribution in [-0.2, 0) is 9.47 Å². The van der Waals surface area contributed by atoms with Gasteiger partial charge in [-0.15, -0.1) is 0 Å². The topological polar surface area (TPSA) is 30.5 Å². The van der Waals surface area contributed by atoms with E-state index in [1.165, 1.54) is 0 Å². The second kappa shape index (κ2) is 12.2. The molecule has 0 fully saturated rings. The first-order chi connectivity index (χ1) is 8.20. The average molecular weight is 253 g/mol. The van der Waals surface area contributed by atoms with Gasteiger partial charge in [0.1, 0.15) is 6.61 Å². The fraction of sp³-hybridized carbons (Fsp3) is 1.00. The van der Waals surface area contributed by atoms with Gasteiger partial charge < -0.3 is 14.8 Å². The second-order valence-electron chi connectivity index (χ2n) is 4.04. The van der Waals surface area contributed by atoms with Gasteiger partial charge in [0.05, 0.1) is 0 Å².